The molecule has 0 radical (unpaired) electrons. The van der Waals surface area contributed by atoms with E-state index in [0.29, 0.717) is 5.41 Å². The average Bonchev–Trinajstić information content (AvgIpc) is 2.05. The molecule has 2 bridgehead atoms. The summed E-state index contributed by atoms with van der Waals surface area (Å²) in [5, 5.41) is 0. The molecule has 0 aromatic rings. The fraction of sp³-hybridized carbons (Fsp3) is 0.800. The van der Waals surface area contributed by atoms with E-state index < -0.39 is 0 Å². The molecule has 13 heavy (non-hydrogen) atoms. The number of nitroso groups, excluding NO2 is 1. The van der Waals surface area contributed by atoms with Crippen molar-refractivity contribution in [2.24, 2.45) is 21.9 Å². The Labute approximate surface area is 84.4 Å². The second-order valence-electron chi connectivity index (χ2n) is 4.56. The highest BCUT2D eigenvalue weighted by Crippen LogP contribution is 2.58. The Balaban J connectivity index is 0.000000251. The third-order valence-electron chi connectivity index (χ3n) is 3.74. The van der Waals surface area contributed by atoms with Gasteiger partial charge in [-0.3, -0.25) is 0 Å². The molecule has 2 unspecified atom stereocenters. The standard InChI is InChI=1S/C10H16.ClNO/c1-7-4-5-8-6-9(7)10(8,2)3;1-2-3/h4,8-9H,5-6H2,1-3H3;. The lowest BCUT2D eigenvalue weighted by molar-refractivity contribution is -0.00579. The lowest BCUT2D eigenvalue weighted by Crippen LogP contribution is -2.47. The summed E-state index contributed by atoms with van der Waals surface area (Å²) in [5.41, 5.74) is 2.28. The first-order chi connectivity index (χ1) is 6.04. The van der Waals surface area contributed by atoms with E-state index in [4.69, 9.17) is 4.91 Å². The van der Waals surface area contributed by atoms with Crippen LogP contribution in [0.5, 0.6) is 0 Å². The van der Waals surface area contributed by atoms with Crippen molar-refractivity contribution in [2.75, 3.05) is 0 Å². The second kappa shape index (κ2) is 3.79. The van der Waals surface area contributed by atoms with Crippen LogP contribution < -0.4 is 0 Å². The minimum Gasteiger partial charge on any atom is -0.131 e. The van der Waals surface area contributed by atoms with Gasteiger partial charge in [0.05, 0.1) is 11.8 Å². The SMILES string of the molecule is CC1=CCC2CC1C2(C)C.O=NCl. The lowest BCUT2D eigenvalue weighted by atomic mass is 9.49. The van der Waals surface area contributed by atoms with E-state index in [0.717, 1.165) is 11.8 Å². The van der Waals surface area contributed by atoms with Crippen LogP contribution in [-0.2, 0) is 0 Å². The van der Waals surface area contributed by atoms with Crippen LogP contribution in [0.2, 0.25) is 0 Å². The van der Waals surface area contributed by atoms with Gasteiger partial charge in [-0.15, -0.1) is 4.91 Å². The summed E-state index contributed by atoms with van der Waals surface area (Å²) in [4.78, 5) is 8.32. The highest BCUT2D eigenvalue weighted by Gasteiger charge is 2.49. The monoisotopic (exact) mass is 201 g/mol. The molecule has 74 valence electrons. The Morgan fingerprint density at radius 1 is 1.62 bits per heavy atom. The van der Waals surface area contributed by atoms with Gasteiger partial charge in [-0.1, -0.05) is 25.5 Å². The maximum absolute atomic E-state index is 8.32. The molecule has 2 atom stereocenters. The number of rotatable bonds is 0. The zero-order valence-corrected chi connectivity index (χ0v) is 9.14. The van der Waals surface area contributed by atoms with Gasteiger partial charge in [0, 0.05) is 4.70 Å². The molecule has 3 heteroatoms. The highest BCUT2D eigenvalue weighted by atomic mass is 35.5. The molecule has 0 aliphatic heterocycles. The molecule has 0 saturated heterocycles. The number of hydrogen-bond donors (Lipinski definition) is 0. The van der Waals surface area contributed by atoms with Crippen LogP contribution in [-0.4, -0.2) is 0 Å². The van der Waals surface area contributed by atoms with Crippen LogP contribution in [0, 0.1) is 22.2 Å². The smallest absolute Gasteiger partial charge is 0.0835 e. The molecule has 1 fully saturated rings. The summed E-state index contributed by atoms with van der Waals surface area (Å²) >= 11 is 4.07. The van der Waals surface area contributed by atoms with E-state index in [1.807, 2.05) is 0 Å². The van der Waals surface area contributed by atoms with Crippen LogP contribution in [0.15, 0.2) is 16.3 Å². The Morgan fingerprint density at radius 3 is 2.38 bits per heavy atom. The molecular weight excluding hydrogens is 186 g/mol. The summed E-state index contributed by atoms with van der Waals surface area (Å²) in [7, 11) is 0. The molecule has 2 nitrogen and oxygen atoms in total. The van der Waals surface area contributed by atoms with E-state index >= 15 is 0 Å². The van der Waals surface area contributed by atoms with Crippen molar-refractivity contribution in [3.63, 3.8) is 0 Å². The van der Waals surface area contributed by atoms with Gasteiger partial charge < -0.3 is 0 Å². The molecule has 3 aliphatic carbocycles. The molecule has 0 aromatic heterocycles. The van der Waals surface area contributed by atoms with Crippen molar-refractivity contribution in [3.05, 3.63) is 16.6 Å². The van der Waals surface area contributed by atoms with Gasteiger partial charge in [0.15, 0.2) is 0 Å². The van der Waals surface area contributed by atoms with Crippen molar-refractivity contribution < 1.29 is 0 Å². The third kappa shape index (κ3) is 1.78. The minimum absolute atomic E-state index is 0.638. The quantitative estimate of drug-likeness (QED) is 0.432. The normalized spacial score (nSPS) is 33.4. The zero-order chi connectivity index (χ0) is 10.1. The molecule has 0 amide bonds. The van der Waals surface area contributed by atoms with Crippen molar-refractivity contribution in [3.8, 4) is 0 Å². The number of nitrogens with zero attached hydrogens (tertiary/aromatic N) is 1. The van der Waals surface area contributed by atoms with Gasteiger partial charge in [0.1, 0.15) is 0 Å². The van der Waals surface area contributed by atoms with E-state index in [1.165, 1.54) is 12.8 Å². The Hall–Kier alpha value is -0.370. The van der Waals surface area contributed by atoms with Gasteiger partial charge >= 0.3 is 0 Å². The Kier molecular flexibility index (Phi) is 3.12. The molecule has 0 N–H and O–H groups in total. The number of allylic oxidation sites excluding steroid dienone is 2. The van der Waals surface area contributed by atoms with Crippen molar-refractivity contribution in [2.45, 2.75) is 33.6 Å². The predicted octanol–water partition coefficient (Wildman–Crippen LogP) is 3.91. The molecule has 0 spiro atoms. The first-order valence-electron chi connectivity index (χ1n) is 4.64. The molecule has 0 heterocycles. The van der Waals surface area contributed by atoms with Gasteiger partial charge in [0.2, 0.25) is 0 Å². The van der Waals surface area contributed by atoms with E-state index in [2.05, 4.69) is 38.6 Å². The minimum atomic E-state index is 0.638. The first kappa shape index (κ1) is 10.7. The molecular formula is C10H16ClNO. The van der Waals surface area contributed by atoms with Crippen molar-refractivity contribution in [1.29, 1.82) is 0 Å². The lowest BCUT2D eigenvalue weighted by Gasteiger charge is -2.56. The van der Waals surface area contributed by atoms with E-state index in [9.17, 15) is 0 Å². The predicted molar refractivity (Wildman–Crippen MR) is 55.4 cm³/mol. The Morgan fingerprint density at radius 2 is 2.15 bits per heavy atom. The number of fused-ring (bicyclic) bond motifs is 1. The first-order valence-corrected chi connectivity index (χ1v) is 4.98. The number of hydrogen-bond acceptors (Lipinski definition) is 2. The van der Waals surface area contributed by atoms with Crippen molar-refractivity contribution >= 4 is 11.8 Å². The highest BCUT2D eigenvalue weighted by molar-refractivity contribution is 6.14. The van der Waals surface area contributed by atoms with Crippen LogP contribution in [0.1, 0.15) is 33.6 Å². The van der Waals surface area contributed by atoms with E-state index in [1.54, 1.807) is 10.3 Å². The summed E-state index contributed by atoms with van der Waals surface area (Å²) in [5.74, 6) is 1.92. The molecule has 3 aliphatic rings. The van der Waals surface area contributed by atoms with Gasteiger partial charge in [-0.25, -0.2) is 0 Å². The fourth-order valence-corrected chi connectivity index (χ4v) is 2.66. The Bertz CT molecular complexity index is 235. The summed E-state index contributed by atoms with van der Waals surface area (Å²) in [6.45, 7) is 7.13. The molecule has 0 aromatic carbocycles. The van der Waals surface area contributed by atoms with Crippen LogP contribution >= 0.6 is 11.8 Å². The fourth-order valence-electron chi connectivity index (χ4n) is 2.66. The maximum Gasteiger partial charge on any atom is 0.0835 e. The molecule has 3 rings (SSSR count). The van der Waals surface area contributed by atoms with Crippen LogP contribution in [0.25, 0.3) is 0 Å². The zero-order valence-electron chi connectivity index (χ0n) is 8.38. The topological polar surface area (TPSA) is 29.4 Å². The third-order valence-corrected chi connectivity index (χ3v) is 3.74. The second-order valence-corrected chi connectivity index (χ2v) is 4.70. The van der Waals surface area contributed by atoms with Crippen molar-refractivity contribution in [1.82, 2.24) is 0 Å². The average molecular weight is 202 g/mol. The van der Waals surface area contributed by atoms with E-state index in [-0.39, 0.29) is 0 Å². The largest absolute Gasteiger partial charge is 0.131 e. The summed E-state index contributed by atoms with van der Waals surface area (Å²) < 4.78 is 1.72. The van der Waals surface area contributed by atoms with Gasteiger partial charge in [0.25, 0.3) is 0 Å². The maximum atomic E-state index is 8.32. The van der Waals surface area contributed by atoms with Crippen LogP contribution in [0.3, 0.4) is 0 Å². The summed E-state index contributed by atoms with van der Waals surface area (Å²) in [6.07, 6.45) is 5.24. The van der Waals surface area contributed by atoms with Gasteiger partial charge in [-0.05, 0) is 37.0 Å². The number of halogens is 1. The molecule has 1 saturated carbocycles. The van der Waals surface area contributed by atoms with Crippen LogP contribution in [0.4, 0.5) is 0 Å². The van der Waals surface area contributed by atoms with Gasteiger partial charge in [-0.2, -0.15) is 0 Å². The summed E-state index contributed by atoms with van der Waals surface area (Å²) in [6, 6.07) is 0.